The predicted molar refractivity (Wildman–Crippen MR) is 112 cm³/mol. The molecule has 2 aliphatic heterocycles. The Morgan fingerprint density at radius 1 is 1.21 bits per heavy atom. The van der Waals surface area contributed by atoms with Crippen molar-refractivity contribution in [3.63, 3.8) is 0 Å². The largest absolute Gasteiger partial charge is 0.379 e. The van der Waals surface area contributed by atoms with Gasteiger partial charge in [-0.05, 0) is 19.3 Å². The van der Waals surface area contributed by atoms with Crippen LogP contribution in [0.4, 0.5) is 0 Å². The highest BCUT2D eigenvalue weighted by atomic mass is 16.5. The lowest BCUT2D eigenvalue weighted by atomic mass is 9.54. The number of guanidine groups is 1. The SMILES string of the molecule is CN(C)C(=O)CN=C(NCCN1CCOCC1)NC1C2CCOC2C12CCCC2. The van der Waals surface area contributed by atoms with Gasteiger partial charge in [0.25, 0.3) is 0 Å². The molecule has 2 saturated heterocycles. The highest BCUT2D eigenvalue weighted by Gasteiger charge is 2.65. The summed E-state index contributed by atoms with van der Waals surface area (Å²) in [7, 11) is 3.55. The van der Waals surface area contributed by atoms with Crippen molar-refractivity contribution in [1.29, 1.82) is 0 Å². The Kier molecular flexibility index (Phi) is 6.61. The van der Waals surface area contributed by atoms with Crippen LogP contribution in [0.5, 0.6) is 0 Å². The molecule has 29 heavy (non-hydrogen) atoms. The number of nitrogens with zero attached hydrogens (tertiary/aromatic N) is 3. The summed E-state index contributed by atoms with van der Waals surface area (Å²) in [5.41, 5.74) is 0.263. The average Bonchev–Trinajstić information content (AvgIpc) is 3.39. The molecule has 8 nitrogen and oxygen atoms in total. The zero-order valence-corrected chi connectivity index (χ0v) is 18.0. The van der Waals surface area contributed by atoms with Gasteiger partial charge in [0, 0.05) is 64.3 Å². The Labute approximate surface area is 174 Å². The number of hydrogen-bond acceptors (Lipinski definition) is 5. The number of carbonyl (C=O) groups excluding carboxylic acids is 1. The molecule has 164 valence electrons. The van der Waals surface area contributed by atoms with Crippen molar-refractivity contribution in [3.8, 4) is 0 Å². The molecule has 2 heterocycles. The zero-order valence-electron chi connectivity index (χ0n) is 18.0. The summed E-state index contributed by atoms with van der Waals surface area (Å²) in [5, 5.41) is 7.23. The summed E-state index contributed by atoms with van der Waals surface area (Å²) >= 11 is 0. The monoisotopic (exact) mass is 407 g/mol. The van der Waals surface area contributed by atoms with Gasteiger partial charge in [0.2, 0.25) is 5.91 Å². The quantitative estimate of drug-likeness (QED) is 0.487. The minimum atomic E-state index is 0.0190. The van der Waals surface area contributed by atoms with E-state index in [1.54, 1.807) is 19.0 Å². The number of ether oxygens (including phenoxy) is 2. The van der Waals surface area contributed by atoms with Crippen LogP contribution in [0.2, 0.25) is 0 Å². The van der Waals surface area contributed by atoms with Crippen molar-refractivity contribution in [3.05, 3.63) is 0 Å². The first kappa shape index (κ1) is 20.9. The van der Waals surface area contributed by atoms with Gasteiger partial charge in [-0.15, -0.1) is 0 Å². The topological polar surface area (TPSA) is 78.4 Å². The van der Waals surface area contributed by atoms with Crippen LogP contribution < -0.4 is 10.6 Å². The van der Waals surface area contributed by atoms with Crippen molar-refractivity contribution in [1.82, 2.24) is 20.4 Å². The number of fused-ring (bicyclic) bond motifs is 2. The van der Waals surface area contributed by atoms with E-state index < -0.39 is 0 Å². The molecule has 1 amide bonds. The average molecular weight is 408 g/mol. The van der Waals surface area contributed by atoms with Crippen molar-refractivity contribution in [2.24, 2.45) is 16.3 Å². The Bertz CT molecular complexity index is 599. The maximum absolute atomic E-state index is 12.1. The molecule has 0 aromatic heterocycles. The lowest BCUT2D eigenvalue weighted by Gasteiger charge is -2.57. The molecule has 0 bridgehead atoms. The number of aliphatic imine (C=N–C) groups is 1. The Morgan fingerprint density at radius 3 is 2.69 bits per heavy atom. The second-order valence-electron chi connectivity index (χ2n) is 9.14. The van der Waals surface area contributed by atoms with Gasteiger partial charge in [-0.1, -0.05) is 12.8 Å². The highest BCUT2D eigenvalue weighted by Crippen LogP contribution is 2.60. The molecular weight excluding hydrogens is 370 g/mol. The Morgan fingerprint density at radius 2 is 1.97 bits per heavy atom. The van der Waals surface area contributed by atoms with Gasteiger partial charge in [-0.25, -0.2) is 4.99 Å². The van der Waals surface area contributed by atoms with Crippen LogP contribution >= 0.6 is 0 Å². The molecule has 1 spiro atoms. The molecule has 0 aromatic carbocycles. The number of likely N-dealkylation sites (N-methyl/N-ethyl adjacent to an activating group) is 1. The molecule has 8 heteroatoms. The van der Waals surface area contributed by atoms with E-state index in [1.807, 2.05) is 0 Å². The summed E-state index contributed by atoms with van der Waals surface area (Å²) in [6.45, 7) is 6.40. The fourth-order valence-corrected chi connectivity index (χ4v) is 5.65. The van der Waals surface area contributed by atoms with Crippen LogP contribution in [0.25, 0.3) is 0 Å². The molecule has 0 radical (unpaired) electrons. The first-order chi connectivity index (χ1) is 14.1. The van der Waals surface area contributed by atoms with E-state index in [9.17, 15) is 4.79 Å². The van der Waals surface area contributed by atoms with Crippen molar-refractivity contribution < 1.29 is 14.3 Å². The molecule has 2 N–H and O–H groups in total. The maximum Gasteiger partial charge on any atom is 0.243 e. The molecule has 2 aliphatic carbocycles. The van der Waals surface area contributed by atoms with Gasteiger partial charge in [0.15, 0.2) is 5.96 Å². The second-order valence-corrected chi connectivity index (χ2v) is 9.14. The lowest BCUT2D eigenvalue weighted by Crippen LogP contribution is -2.69. The van der Waals surface area contributed by atoms with E-state index >= 15 is 0 Å². The molecular formula is C21H37N5O3. The lowest BCUT2D eigenvalue weighted by molar-refractivity contribution is -0.127. The van der Waals surface area contributed by atoms with Crippen molar-refractivity contribution in [2.45, 2.75) is 44.2 Å². The second kappa shape index (κ2) is 9.18. The molecule has 4 rings (SSSR count). The minimum Gasteiger partial charge on any atom is -0.379 e. The predicted octanol–water partition coefficient (Wildman–Crippen LogP) is 0.290. The standard InChI is InChI=1S/C21H37N5O3/c1-25(2)17(27)15-23-20(22-8-9-26-10-13-28-14-11-26)24-18-16-5-12-29-19(16)21(18)6-3-4-7-21/h16,18-19H,3-15H2,1-2H3,(H2,22,23,24). The third-order valence-corrected chi connectivity index (χ3v) is 7.27. The van der Waals surface area contributed by atoms with E-state index in [2.05, 4.69) is 20.5 Å². The van der Waals surface area contributed by atoms with Gasteiger partial charge < -0.3 is 25.0 Å². The summed E-state index contributed by atoms with van der Waals surface area (Å²) in [4.78, 5) is 20.7. The van der Waals surface area contributed by atoms with Crippen LogP contribution in [0.3, 0.4) is 0 Å². The number of amides is 1. The van der Waals surface area contributed by atoms with Crippen LogP contribution in [-0.4, -0.2) is 100 Å². The van der Waals surface area contributed by atoms with Crippen LogP contribution in [0, 0.1) is 11.3 Å². The van der Waals surface area contributed by atoms with Gasteiger partial charge in [-0.3, -0.25) is 9.69 Å². The van der Waals surface area contributed by atoms with Gasteiger partial charge in [0.1, 0.15) is 6.54 Å². The third-order valence-electron chi connectivity index (χ3n) is 7.27. The number of rotatable bonds is 6. The van der Waals surface area contributed by atoms with E-state index in [1.165, 1.54) is 25.7 Å². The summed E-state index contributed by atoms with van der Waals surface area (Å²) in [5.74, 6) is 1.37. The molecule has 2 saturated carbocycles. The molecule has 3 unspecified atom stereocenters. The van der Waals surface area contributed by atoms with Crippen LogP contribution in [0.15, 0.2) is 4.99 Å². The number of nitrogens with one attached hydrogen (secondary N) is 2. The highest BCUT2D eigenvalue weighted by molar-refractivity contribution is 5.85. The first-order valence-electron chi connectivity index (χ1n) is 11.3. The first-order valence-corrected chi connectivity index (χ1v) is 11.3. The van der Waals surface area contributed by atoms with Gasteiger partial charge >= 0.3 is 0 Å². The smallest absolute Gasteiger partial charge is 0.243 e. The van der Waals surface area contributed by atoms with Crippen molar-refractivity contribution in [2.75, 3.05) is 66.6 Å². The van der Waals surface area contributed by atoms with E-state index in [-0.39, 0.29) is 17.9 Å². The van der Waals surface area contributed by atoms with E-state index in [4.69, 9.17) is 9.47 Å². The molecule has 4 fully saturated rings. The Hall–Kier alpha value is -1.38. The summed E-state index contributed by atoms with van der Waals surface area (Å²) in [6.07, 6.45) is 6.61. The normalized spacial score (nSPS) is 31.4. The van der Waals surface area contributed by atoms with Crippen LogP contribution in [0.1, 0.15) is 32.1 Å². The van der Waals surface area contributed by atoms with Crippen LogP contribution in [-0.2, 0) is 14.3 Å². The summed E-state index contributed by atoms with van der Waals surface area (Å²) in [6, 6.07) is 0.404. The molecule has 0 aromatic rings. The third kappa shape index (κ3) is 4.39. The zero-order chi connectivity index (χ0) is 20.3. The van der Waals surface area contributed by atoms with Gasteiger partial charge in [0.05, 0.1) is 19.3 Å². The molecule has 4 aliphatic rings. The fraction of sp³-hybridized carbons (Fsp3) is 0.905. The number of morpholine rings is 1. The molecule has 3 atom stereocenters. The van der Waals surface area contributed by atoms with E-state index in [0.717, 1.165) is 58.4 Å². The maximum atomic E-state index is 12.1. The number of carbonyl (C=O) groups is 1. The number of hydrogen-bond donors (Lipinski definition) is 2. The van der Waals surface area contributed by atoms with Crippen molar-refractivity contribution >= 4 is 11.9 Å². The summed E-state index contributed by atoms with van der Waals surface area (Å²) < 4.78 is 11.5. The minimum absolute atomic E-state index is 0.0190. The Balaban J connectivity index is 1.38. The fourth-order valence-electron chi connectivity index (χ4n) is 5.65. The van der Waals surface area contributed by atoms with Gasteiger partial charge in [-0.2, -0.15) is 0 Å². The van der Waals surface area contributed by atoms with E-state index in [0.29, 0.717) is 18.1 Å².